The van der Waals surface area contributed by atoms with Crippen molar-refractivity contribution in [1.82, 2.24) is 5.32 Å². The summed E-state index contributed by atoms with van der Waals surface area (Å²) in [6, 6.07) is 8.24. The largest absolute Gasteiger partial charge is 0.465 e. The second kappa shape index (κ2) is 8.18. The highest BCUT2D eigenvalue weighted by atomic mass is 16.5. The average Bonchev–Trinajstić information content (AvgIpc) is 2.75. The van der Waals surface area contributed by atoms with Crippen molar-refractivity contribution in [1.29, 1.82) is 0 Å². The molecule has 3 nitrogen and oxygen atoms in total. The van der Waals surface area contributed by atoms with Crippen molar-refractivity contribution in [2.24, 2.45) is 0 Å². The minimum atomic E-state index is -0.339. The van der Waals surface area contributed by atoms with Crippen LogP contribution in [-0.4, -0.2) is 18.6 Å². The smallest absolute Gasteiger partial charge is 0.327 e. The van der Waals surface area contributed by atoms with Crippen molar-refractivity contribution in [3.8, 4) is 0 Å². The molecule has 1 aliphatic rings. The summed E-state index contributed by atoms with van der Waals surface area (Å²) < 4.78 is 5.26. The molecule has 2 rings (SSSR count). The highest BCUT2D eigenvalue weighted by molar-refractivity contribution is 5.77. The minimum absolute atomic E-state index is 0.161. The number of carbonyl (C=O) groups is 1. The lowest BCUT2D eigenvalue weighted by atomic mass is 10.0. The molecule has 21 heavy (non-hydrogen) atoms. The van der Waals surface area contributed by atoms with Gasteiger partial charge in [0.1, 0.15) is 6.04 Å². The van der Waals surface area contributed by atoms with Crippen LogP contribution in [-0.2, 0) is 9.53 Å². The lowest BCUT2D eigenvalue weighted by molar-refractivity contribution is -0.146. The van der Waals surface area contributed by atoms with Crippen molar-refractivity contribution in [2.75, 3.05) is 6.61 Å². The summed E-state index contributed by atoms with van der Waals surface area (Å²) in [5.41, 5.74) is 2.21. The molecule has 1 fully saturated rings. The Morgan fingerprint density at radius 2 is 1.81 bits per heavy atom. The summed E-state index contributed by atoms with van der Waals surface area (Å²) in [7, 11) is 0. The van der Waals surface area contributed by atoms with Gasteiger partial charge < -0.3 is 4.74 Å². The third kappa shape index (κ3) is 4.85. The zero-order valence-corrected chi connectivity index (χ0v) is 13.2. The van der Waals surface area contributed by atoms with Gasteiger partial charge in [-0.15, -0.1) is 0 Å². The van der Waals surface area contributed by atoms with Crippen LogP contribution in [0.15, 0.2) is 24.3 Å². The first-order valence-electron chi connectivity index (χ1n) is 8.20. The van der Waals surface area contributed by atoms with Crippen LogP contribution in [0.2, 0.25) is 0 Å². The SMILES string of the molecule is CCOC(=O)C(NC1CCCCCC1)c1ccc(C)cc1. The van der Waals surface area contributed by atoms with Gasteiger partial charge in [-0.3, -0.25) is 5.32 Å². The number of hydrogen-bond donors (Lipinski definition) is 1. The number of aryl methyl sites for hydroxylation is 1. The maximum absolute atomic E-state index is 12.3. The molecule has 1 aromatic carbocycles. The van der Waals surface area contributed by atoms with Crippen molar-refractivity contribution in [2.45, 2.75) is 64.5 Å². The van der Waals surface area contributed by atoms with E-state index in [1.54, 1.807) is 0 Å². The monoisotopic (exact) mass is 289 g/mol. The van der Waals surface area contributed by atoms with Gasteiger partial charge in [-0.1, -0.05) is 55.5 Å². The van der Waals surface area contributed by atoms with Gasteiger partial charge in [-0.2, -0.15) is 0 Å². The molecule has 0 spiro atoms. The Morgan fingerprint density at radius 3 is 2.38 bits per heavy atom. The summed E-state index contributed by atoms with van der Waals surface area (Å²) >= 11 is 0. The van der Waals surface area contributed by atoms with Gasteiger partial charge in [0.25, 0.3) is 0 Å². The summed E-state index contributed by atoms with van der Waals surface area (Å²) in [4.78, 5) is 12.3. The van der Waals surface area contributed by atoms with Crippen LogP contribution in [0.25, 0.3) is 0 Å². The van der Waals surface area contributed by atoms with Crippen LogP contribution in [0.3, 0.4) is 0 Å². The van der Waals surface area contributed by atoms with Gasteiger partial charge in [0, 0.05) is 6.04 Å². The van der Waals surface area contributed by atoms with E-state index in [0.29, 0.717) is 12.6 Å². The molecule has 0 heterocycles. The molecule has 0 bridgehead atoms. The van der Waals surface area contributed by atoms with E-state index in [1.165, 1.54) is 31.2 Å². The summed E-state index contributed by atoms with van der Waals surface area (Å²) in [5.74, 6) is -0.161. The number of nitrogens with one attached hydrogen (secondary N) is 1. The van der Waals surface area contributed by atoms with Crippen molar-refractivity contribution in [3.05, 3.63) is 35.4 Å². The standard InChI is InChI=1S/C18H27NO2/c1-3-21-18(20)17(15-12-10-14(2)11-13-15)19-16-8-6-4-5-7-9-16/h10-13,16-17,19H,3-9H2,1-2H3. The quantitative estimate of drug-likeness (QED) is 0.659. The Balaban J connectivity index is 2.11. The van der Waals surface area contributed by atoms with E-state index in [1.807, 2.05) is 19.1 Å². The second-order valence-electron chi connectivity index (χ2n) is 5.95. The molecule has 1 saturated carbocycles. The van der Waals surface area contributed by atoms with E-state index in [4.69, 9.17) is 4.74 Å². The molecular weight excluding hydrogens is 262 g/mol. The summed E-state index contributed by atoms with van der Waals surface area (Å²) in [6.07, 6.45) is 7.44. The van der Waals surface area contributed by atoms with Crippen LogP contribution < -0.4 is 5.32 Å². The molecule has 0 amide bonds. The first-order valence-corrected chi connectivity index (χ1v) is 8.20. The lowest BCUT2D eigenvalue weighted by Gasteiger charge is -2.24. The zero-order chi connectivity index (χ0) is 15.1. The van der Waals surface area contributed by atoms with E-state index in [2.05, 4.69) is 24.4 Å². The molecule has 1 aliphatic carbocycles. The number of hydrogen-bond acceptors (Lipinski definition) is 3. The number of carbonyl (C=O) groups excluding carboxylic acids is 1. The molecule has 1 N–H and O–H groups in total. The first kappa shape index (κ1) is 16.0. The van der Waals surface area contributed by atoms with Crippen molar-refractivity contribution < 1.29 is 9.53 Å². The predicted octanol–water partition coefficient (Wildman–Crippen LogP) is 3.91. The number of benzene rings is 1. The molecule has 1 unspecified atom stereocenters. The molecule has 0 aromatic heterocycles. The van der Waals surface area contributed by atoms with Crippen LogP contribution >= 0.6 is 0 Å². The molecule has 3 heteroatoms. The fraction of sp³-hybridized carbons (Fsp3) is 0.611. The van der Waals surface area contributed by atoms with E-state index in [0.717, 1.165) is 18.4 Å². The summed E-state index contributed by atoms with van der Waals surface area (Å²) in [5, 5.41) is 3.54. The molecule has 1 atom stereocenters. The van der Waals surface area contributed by atoms with Gasteiger partial charge >= 0.3 is 5.97 Å². The van der Waals surface area contributed by atoms with Crippen LogP contribution in [0.5, 0.6) is 0 Å². The first-order chi connectivity index (χ1) is 10.2. The van der Waals surface area contributed by atoms with Crippen LogP contribution in [0.1, 0.15) is 62.6 Å². The van der Waals surface area contributed by atoms with E-state index >= 15 is 0 Å². The number of rotatable bonds is 5. The van der Waals surface area contributed by atoms with Crippen molar-refractivity contribution >= 4 is 5.97 Å². The Bertz CT molecular complexity index is 433. The van der Waals surface area contributed by atoms with E-state index in [9.17, 15) is 4.79 Å². The average molecular weight is 289 g/mol. The Labute approximate surface area is 128 Å². The fourth-order valence-electron chi connectivity index (χ4n) is 2.97. The molecule has 116 valence electrons. The third-order valence-corrected chi connectivity index (χ3v) is 4.19. The maximum Gasteiger partial charge on any atom is 0.327 e. The highest BCUT2D eigenvalue weighted by Gasteiger charge is 2.25. The lowest BCUT2D eigenvalue weighted by Crippen LogP contribution is -2.37. The molecule has 0 aliphatic heterocycles. The Kier molecular flexibility index (Phi) is 6.24. The molecule has 0 radical (unpaired) electrons. The molecule has 0 saturated heterocycles. The van der Waals surface area contributed by atoms with E-state index in [-0.39, 0.29) is 12.0 Å². The predicted molar refractivity (Wildman–Crippen MR) is 85.2 cm³/mol. The zero-order valence-electron chi connectivity index (χ0n) is 13.2. The number of esters is 1. The fourth-order valence-corrected chi connectivity index (χ4v) is 2.97. The molecular formula is C18H27NO2. The maximum atomic E-state index is 12.3. The topological polar surface area (TPSA) is 38.3 Å². The van der Waals surface area contributed by atoms with Crippen LogP contribution in [0, 0.1) is 6.92 Å². The highest BCUT2D eigenvalue weighted by Crippen LogP contribution is 2.22. The second-order valence-corrected chi connectivity index (χ2v) is 5.95. The normalized spacial score (nSPS) is 18.0. The van der Waals surface area contributed by atoms with Gasteiger partial charge in [-0.05, 0) is 32.3 Å². The van der Waals surface area contributed by atoms with E-state index < -0.39 is 0 Å². The van der Waals surface area contributed by atoms with Crippen molar-refractivity contribution in [3.63, 3.8) is 0 Å². The Hall–Kier alpha value is -1.35. The van der Waals surface area contributed by atoms with Crippen LogP contribution in [0.4, 0.5) is 0 Å². The third-order valence-electron chi connectivity index (χ3n) is 4.19. The van der Waals surface area contributed by atoms with Gasteiger partial charge in [-0.25, -0.2) is 4.79 Å². The number of ether oxygens (including phenoxy) is 1. The minimum Gasteiger partial charge on any atom is -0.465 e. The summed E-state index contributed by atoms with van der Waals surface area (Å²) in [6.45, 7) is 4.34. The Morgan fingerprint density at radius 1 is 1.19 bits per heavy atom. The van der Waals surface area contributed by atoms with Gasteiger partial charge in [0.2, 0.25) is 0 Å². The van der Waals surface area contributed by atoms with Gasteiger partial charge in [0.05, 0.1) is 6.61 Å². The molecule has 1 aromatic rings. The van der Waals surface area contributed by atoms with Gasteiger partial charge in [0.15, 0.2) is 0 Å².